The highest BCUT2D eigenvalue weighted by molar-refractivity contribution is 7.84. The minimum absolute atomic E-state index is 0.258. The summed E-state index contributed by atoms with van der Waals surface area (Å²) >= 11 is 0. The Morgan fingerprint density at radius 3 is 2.89 bits per heavy atom. The molecule has 1 rings (SSSR count). The van der Waals surface area contributed by atoms with Gasteiger partial charge in [-0.25, -0.2) is 4.79 Å². The fourth-order valence-corrected chi connectivity index (χ4v) is 1.98. The second-order valence-corrected chi connectivity index (χ2v) is 5.47. The van der Waals surface area contributed by atoms with Crippen LogP contribution in [0.4, 0.5) is 10.5 Å². The number of benzene rings is 1. The van der Waals surface area contributed by atoms with Gasteiger partial charge in [0.05, 0.1) is 0 Å². The van der Waals surface area contributed by atoms with Gasteiger partial charge in [-0.15, -0.1) is 0 Å². The van der Waals surface area contributed by atoms with E-state index in [4.69, 9.17) is 5.73 Å². The molecule has 0 aliphatic carbocycles. The molecule has 0 bridgehead atoms. The van der Waals surface area contributed by atoms with Crippen molar-refractivity contribution < 1.29 is 9.00 Å². The van der Waals surface area contributed by atoms with Gasteiger partial charge in [0.1, 0.15) is 0 Å². The van der Waals surface area contributed by atoms with Gasteiger partial charge >= 0.3 is 6.03 Å². The highest BCUT2D eigenvalue weighted by Gasteiger charge is 2.01. The Balaban J connectivity index is 2.33. The van der Waals surface area contributed by atoms with Crippen molar-refractivity contribution in [1.29, 1.82) is 0 Å². The van der Waals surface area contributed by atoms with Crippen LogP contribution in [0.2, 0.25) is 0 Å². The van der Waals surface area contributed by atoms with Crippen LogP contribution in [-0.4, -0.2) is 28.8 Å². The van der Waals surface area contributed by atoms with E-state index in [1.807, 2.05) is 18.2 Å². The van der Waals surface area contributed by atoms with Crippen molar-refractivity contribution in [2.75, 3.05) is 23.9 Å². The molecule has 0 fully saturated rings. The molecular weight excluding hydrogens is 250 g/mol. The first-order chi connectivity index (χ1) is 8.61. The van der Waals surface area contributed by atoms with E-state index in [0.29, 0.717) is 25.3 Å². The van der Waals surface area contributed by atoms with Crippen molar-refractivity contribution in [3.63, 3.8) is 0 Å². The highest BCUT2D eigenvalue weighted by atomic mass is 32.2. The maximum absolute atomic E-state index is 11.5. The van der Waals surface area contributed by atoms with Crippen LogP contribution < -0.4 is 16.4 Å². The van der Waals surface area contributed by atoms with Gasteiger partial charge in [0.15, 0.2) is 0 Å². The Bertz CT molecular complexity index is 424. The van der Waals surface area contributed by atoms with Crippen LogP contribution in [0.3, 0.4) is 0 Å². The monoisotopic (exact) mass is 269 g/mol. The summed E-state index contributed by atoms with van der Waals surface area (Å²) in [7, 11) is -0.808. The van der Waals surface area contributed by atoms with Crippen molar-refractivity contribution >= 4 is 22.5 Å². The van der Waals surface area contributed by atoms with E-state index in [2.05, 4.69) is 10.6 Å². The zero-order chi connectivity index (χ0) is 13.4. The Morgan fingerprint density at radius 1 is 1.44 bits per heavy atom. The zero-order valence-corrected chi connectivity index (χ0v) is 11.3. The molecule has 0 saturated heterocycles. The molecule has 6 heteroatoms. The lowest BCUT2D eigenvalue weighted by molar-refractivity contribution is 0.252. The fourth-order valence-electron chi connectivity index (χ4n) is 1.43. The summed E-state index contributed by atoms with van der Waals surface area (Å²) < 4.78 is 10.8. The molecule has 0 aliphatic rings. The van der Waals surface area contributed by atoms with E-state index in [-0.39, 0.29) is 6.03 Å². The summed E-state index contributed by atoms with van der Waals surface area (Å²) in [6, 6.07) is 7.13. The van der Waals surface area contributed by atoms with E-state index in [0.717, 1.165) is 11.3 Å². The van der Waals surface area contributed by atoms with Gasteiger partial charge in [0.2, 0.25) is 0 Å². The number of amides is 2. The van der Waals surface area contributed by atoms with E-state index in [1.54, 1.807) is 12.3 Å². The molecule has 2 amide bonds. The van der Waals surface area contributed by atoms with E-state index < -0.39 is 10.8 Å². The maximum Gasteiger partial charge on any atom is 0.319 e. The van der Waals surface area contributed by atoms with Gasteiger partial charge < -0.3 is 16.4 Å². The molecule has 100 valence electrons. The third-order valence-corrected chi connectivity index (χ3v) is 3.18. The Hall–Kier alpha value is -1.40. The van der Waals surface area contributed by atoms with Crippen molar-refractivity contribution in [2.45, 2.75) is 13.0 Å². The summed E-state index contributed by atoms with van der Waals surface area (Å²) in [5, 5.41) is 5.43. The molecule has 1 unspecified atom stereocenters. The van der Waals surface area contributed by atoms with E-state index >= 15 is 0 Å². The third kappa shape index (κ3) is 5.79. The second-order valence-electron chi connectivity index (χ2n) is 3.92. The topological polar surface area (TPSA) is 84.2 Å². The van der Waals surface area contributed by atoms with Gasteiger partial charge in [-0.2, -0.15) is 0 Å². The molecule has 1 aromatic rings. The summed E-state index contributed by atoms with van der Waals surface area (Å²) in [6.07, 6.45) is 2.36. The Kier molecular flexibility index (Phi) is 6.38. The Labute approximate surface area is 110 Å². The number of carbonyl (C=O) groups excluding carboxylic acids is 1. The number of anilines is 1. The van der Waals surface area contributed by atoms with Gasteiger partial charge in [-0.3, -0.25) is 4.21 Å². The van der Waals surface area contributed by atoms with Crippen LogP contribution >= 0.6 is 0 Å². The predicted octanol–water partition coefficient (Wildman–Crippen LogP) is 1.04. The van der Waals surface area contributed by atoms with Crippen molar-refractivity contribution in [3.8, 4) is 0 Å². The zero-order valence-electron chi connectivity index (χ0n) is 10.4. The number of nitrogens with two attached hydrogens (primary N) is 1. The molecule has 0 radical (unpaired) electrons. The SMILES string of the molecule is CS(=O)CCCNC(=O)Nc1cccc(CN)c1. The first-order valence-corrected chi connectivity index (χ1v) is 7.48. The molecule has 5 nitrogen and oxygen atoms in total. The average Bonchev–Trinajstić information content (AvgIpc) is 2.34. The van der Waals surface area contributed by atoms with Gasteiger partial charge in [0, 0.05) is 41.6 Å². The summed E-state index contributed by atoms with van der Waals surface area (Å²) in [6.45, 7) is 0.960. The minimum atomic E-state index is -0.808. The second kappa shape index (κ2) is 7.84. The normalized spacial score (nSPS) is 11.9. The first kappa shape index (κ1) is 14.7. The number of rotatable bonds is 6. The lowest BCUT2D eigenvalue weighted by atomic mass is 10.2. The molecule has 1 aromatic carbocycles. The van der Waals surface area contributed by atoms with Crippen molar-refractivity contribution in [1.82, 2.24) is 5.32 Å². The van der Waals surface area contributed by atoms with Crippen LogP contribution in [0.25, 0.3) is 0 Å². The standard InChI is InChI=1S/C12H19N3O2S/c1-18(17)7-3-6-14-12(16)15-11-5-2-4-10(8-11)9-13/h2,4-5,8H,3,6-7,9,13H2,1H3,(H2,14,15,16). The molecule has 0 heterocycles. The first-order valence-electron chi connectivity index (χ1n) is 5.75. The van der Waals surface area contributed by atoms with E-state index in [1.165, 1.54) is 0 Å². The lowest BCUT2D eigenvalue weighted by Crippen LogP contribution is -2.30. The highest BCUT2D eigenvalue weighted by Crippen LogP contribution is 2.09. The quantitative estimate of drug-likeness (QED) is 0.675. The molecule has 0 aliphatic heterocycles. The fraction of sp³-hybridized carbons (Fsp3) is 0.417. The molecule has 4 N–H and O–H groups in total. The molecule has 0 spiro atoms. The maximum atomic E-state index is 11.5. The van der Waals surface area contributed by atoms with Gasteiger partial charge in [-0.05, 0) is 24.1 Å². The molecule has 18 heavy (non-hydrogen) atoms. The average molecular weight is 269 g/mol. The predicted molar refractivity (Wildman–Crippen MR) is 74.9 cm³/mol. The van der Waals surface area contributed by atoms with E-state index in [9.17, 15) is 9.00 Å². The number of carbonyl (C=O) groups is 1. The molecule has 0 aromatic heterocycles. The van der Waals surface area contributed by atoms with Crippen LogP contribution in [0, 0.1) is 0 Å². The van der Waals surface area contributed by atoms with Crippen LogP contribution in [0.5, 0.6) is 0 Å². The molecule has 1 atom stereocenters. The smallest absolute Gasteiger partial charge is 0.319 e. The van der Waals surface area contributed by atoms with Crippen LogP contribution in [0.1, 0.15) is 12.0 Å². The van der Waals surface area contributed by atoms with Gasteiger partial charge in [0.25, 0.3) is 0 Å². The molecule has 0 saturated carbocycles. The van der Waals surface area contributed by atoms with Crippen molar-refractivity contribution in [3.05, 3.63) is 29.8 Å². The van der Waals surface area contributed by atoms with Crippen molar-refractivity contribution in [2.24, 2.45) is 5.73 Å². The Morgan fingerprint density at radius 2 is 2.22 bits per heavy atom. The summed E-state index contributed by atoms with van der Waals surface area (Å²) in [5.74, 6) is 0.600. The lowest BCUT2D eigenvalue weighted by Gasteiger charge is -2.08. The summed E-state index contributed by atoms with van der Waals surface area (Å²) in [4.78, 5) is 11.5. The summed E-state index contributed by atoms with van der Waals surface area (Å²) in [5.41, 5.74) is 7.20. The number of hydrogen-bond acceptors (Lipinski definition) is 3. The van der Waals surface area contributed by atoms with Crippen LogP contribution in [-0.2, 0) is 17.3 Å². The number of nitrogens with one attached hydrogen (secondary N) is 2. The number of hydrogen-bond donors (Lipinski definition) is 3. The minimum Gasteiger partial charge on any atom is -0.338 e. The molecular formula is C12H19N3O2S. The number of urea groups is 1. The van der Waals surface area contributed by atoms with Gasteiger partial charge in [-0.1, -0.05) is 12.1 Å². The third-order valence-electron chi connectivity index (χ3n) is 2.31. The van der Waals surface area contributed by atoms with Crippen LogP contribution in [0.15, 0.2) is 24.3 Å². The largest absolute Gasteiger partial charge is 0.338 e.